The number of rotatable bonds is 13. The zero-order valence-corrected chi connectivity index (χ0v) is 29.9. The summed E-state index contributed by atoms with van der Waals surface area (Å²) < 4.78 is 92.3. The molecule has 1 aliphatic heterocycles. The SMILES string of the molecule is [C-]#[N+]C1(N(COCC[Si](C)(C)C)S(=O)(=O)c2cc(N3CCN(C(=O)C(C)C)CC3)c3c(c2)c(-c2nnc(C(F)F)s2)nn3C(F)F)CC1. The highest BCUT2D eigenvalue weighted by molar-refractivity contribution is 7.89. The lowest BCUT2D eigenvalue weighted by Crippen LogP contribution is -2.50. The molecule has 3 heterocycles. The van der Waals surface area contributed by atoms with Crippen LogP contribution in [0.2, 0.25) is 25.7 Å². The van der Waals surface area contributed by atoms with Crippen molar-refractivity contribution in [2.24, 2.45) is 5.92 Å². The van der Waals surface area contributed by atoms with Crippen molar-refractivity contribution in [1.29, 1.82) is 0 Å². The van der Waals surface area contributed by atoms with E-state index in [0.717, 1.165) is 10.3 Å². The quantitative estimate of drug-likeness (QED) is 0.0702. The van der Waals surface area contributed by atoms with Crippen molar-refractivity contribution < 1.29 is 35.5 Å². The number of benzene rings is 1. The molecule has 0 atom stereocenters. The van der Waals surface area contributed by atoms with Gasteiger partial charge in [-0.2, -0.15) is 13.9 Å². The minimum Gasteiger partial charge on any atom is -0.366 e. The number of carbonyl (C=O) groups is 1. The Kier molecular flexibility index (Phi) is 10.2. The van der Waals surface area contributed by atoms with E-state index in [1.807, 2.05) is 0 Å². The van der Waals surface area contributed by atoms with Gasteiger partial charge >= 0.3 is 12.2 Å². The molecule has 19 heteroatoms. The molecule has 12 nitrogen and oxygen atoms in total. The van der Waals surface area contributed by atoms with Gasteiger partial charge in [-0.05, 0) is 18.2 Å². The van der Waals surface area contributed by atoms with E-state index in [1.165, 1.54) is 12.1 Å². The van der Waals surface area contributed by atoms with Gasteiger partial charge in [-0.1, -0.05) is 49.1 Å². The van der Waals surface area contributed by atoms with Gasteiger partial charge in [0.1, 0.15) is 12.4 Å². The van der Waals surface area contributed by atoms with Crippen LogP contribution in [0, 0.1) is 12.5 Å². The summed E-state index contributed by atoms with van der Waals surface area (Å²) in [5, 5.41) is 10.4. The van der Waals surface area contributed by atoms with Crippen LogP contribution in [-0.2, 0) is 19.6 Å². The summed E-state index contributed by atoms with van der Waals surface area (Å²) in [7, 11) is -6.01. The van der Waals surface area contributed by atoms with Crippen LogP contribution in [0.15, 0.2) is 17.0 Å². The molecule has 0 spiro atoms. The second-order valence-corrected chi connectivity index (χ2v) is 21.9. The van der Waals surface area contributed by atoms with E-state index < -0.39 is 41.7 Å². The molecule has 1 saturated carbocycles. The number of amides is 1. The molecule has 48 heavy (non-hydrogen) atoms. The fraction of sp³-hybridized carbons (Fsp3) is 0.621. The molecule has 3 aromatic rings. The standard InChI is InChI=1S/C29H38F4N8O4S2Si/c1-18(2)27(42)39-11-9-38(10-12-39)21-16-19(47(43,44)40(29(34-3)7-8-29)17-45-13-14-48(4,5)6)15-20-22(37-41(23(20)21)28(32)33)25-35-36-26(46-25)24(30)31/h15-16,18,24,28H,7-14,17H2,1-2,4-6H3. The average Bonchev–Trinajstić information content (AvgIpc) is 3.46. The minimum atomic E-state index is -4.49. The van der Waals surface area contributed by atoms with Gasteiger partial charge in [0.05, 0.1) is 28.9 Å². The van der Waals surface area contributed by atoms with Crippen LogP contribution < -0.4 is 4.90 Å². The van der Waals surface area contributed by atoms with Crippen molar-refractivity contribution in [3.05, 3.63) is 28.6 Å². The van der Waals surface area contributed by atoms with Crippen LogP contribution >= 0.6 is 11.3 Å². The summed E-state index contributed by atoms with van der Waals surface area (Å²) in [5.41, 5.74) is -1.60. The maximum atomic E-state index is 14.6. The third kappa shape index (κ3) is 7.22. The zero-order chi connectivity index (χ0) is 35.2. The second kappa shape index (κ2) is 13.6. The fourth-order valence-corrected chi connectivity index (χ4v) is 8.58. The van der Waals surface area contributed by atoms with Gasteiger partial charge in [0, 0.05) is 52.2 Å². The van der Waals surface area contributed by atoms with Crippen molar-refractivity contribution in [3.8, 4) is 10.7 Å². The van der Waals surface area contributed by atoms with E-state index in [1.54, 1.807) is 23.6 Å². The first-order valence-corrected chi connectivity index (χ1v) is 21.4. The maximum absolute atomic E-state index is 14.6. The van der Waals surface area contributed by atoms with Crippen molar-refractivity contribution in [2.75, 3.05) is 44.4 Å². The molecule has 0 radical (unpaired) electrons. The summed E-state index contributed by atoms with van der Waals surface area (Å²) >= 11 is 0.467. The van der Waals surface area contributed by atoms with Crippen molar-refractivity contribution in [2.45, 2.75) is 75.9 Å². The van der Waals surface area contributed by atoms with Crippen LogP contribution in [0.1, 0.15) is 44.7 Å². The Hall–Kier alpha value is -3.18. The van der Waals surface area contributed by atoms with Gasteiger partial charge in [0.15, 0.2) is 10.0 Å². The number of sulfonamides is 1. The first-order chi connectivity index (χ1) is 22.5. The monoisotopic (exact) mass is 730 g/mol. The van der Waals surface area contributed by atoms with Gasteiger partial charge in [0.2, 0.25) is 5.91 Å². The summed E-state index contributed by atoms with van der Waals surface area (Å²) in [5.74, 6) is -0.318. The van der Waals surface area contributed by atoms with Gasteiger partial charge in [0.25, 0.3) is 16.4 Å². The number of piperazine rings is 1. The smallest absolute Gasteiger partial charge is 0.333 e. The average molecular weight is 731 g/mol. The Balaban J connectivity index is 1.66. The topological polar surface area (TPSA) is 118 Å². The molecule has 2 fully saturated rings. The number of aromatic nitrogens is 4. The molecule has 1 amide bonds. The number of ether oxygens (including phenoxy) is 1. The third-order valence-corrected chi connectivity index (χ3v) is 12.9. The fourth-order valence-electron chi connectivity index (χ4n) is 5.46. The summed E-state index contributed by atoms with van der Waals surface area (Å²) in [4.78, 5) is 19.4. The number of halogens is 4. The lowest BCUT2D eigenvalue weighted by molar-refractivity contribution is -0.134. The summed E-state index contributed by atoms with van der Waals surface area (Å²) in [6, 6.07) is 3.22. The van der Waals surface area contributed by atoms with Crippen molar-refractivity contribution in [3.63, 3.8) is 0 Å². The number of alkyl halides is 4. The van der Waals surface area contributed by atoms with E-state index in [9.17, 15) is 30.8 Å². The molecule has 1 aromatic carbocycles. The highest BCUT2D eigenvalue weighted by Gasteiger charge is 2.61. The molecule has 2 aromatic heterocycles. The number of carbonyl (C=O) groups excluding carboxylic acids is 1. The van der Waals surface area contributed by atoms with Gasteiger partial charge in [-0.25, -0.2) is 28.5 Å². The highest BCUT2D eigenvalue weighted by atomic mass is 32.2. The Morgan fingerprint density at radius 3 is 2.31 bits per heavy atom. The van der Waals surface area contributed by atoms with E-state index in [-0.39, 0.29) is 76.9 Å². The van der Waals surface area contributed by atoms with E-state index in [0.29, 0.717) is 35.5 Å². The molecule has 0 N–H and O–H groups in total. The Morgan fingerprint density at radius 1 is 1.12 bits per heavy atom. The van der Waals surface area contributed by atoms with E-state index in [4.69, 9.17) is 11.3 Å². The largest absolute Gasteiger partial charge is 0.366 e. The number of hydrogen-bond acceptors (Lipinski definition) is 9. The molecular weight excluding hydrogens is 693 g/mol. The number of hydrogen-bond donors (Lipinski definition) is 0. The normalized spacial score (nSPS) is 16.9. The molecule has 262 valence electrons. The zero-order valence-electron chi connectivity index (χ0n) is 27.3. The molecule has 1 aliphatic carbocycles. The summed E-state index contributed by atoms with van der Waals surface area (Å²) in [6.07, 6.45) is -2.37. The number of fused-ring (bicyclic) bond motifs is 1. The van der Waals surface area contributed by atoms with Crippen molar-refractivity contribution >= 4 is 51.9 Å². The molecule has 5 rings (SSSR count). The molecule has 0 unspecified atom stereocenters. The van der Waals surface area contributed by atoms with Crippen molar-refractivity contribution in [1.82, 2.24) is 29.2 Å². The van der Waals surface area contributed by atoms with Gasteiger partial charge in [-0.3, -0.25) is 9.64 Å². The molecular formula is C29H38F4N8O4S2Si. The molecule has 1 saturated heterocycles. The predicted octanol–water partition coefficient (Wildman–Crippen LogP) is 5.90. The predicted molar refractivity (Wildman–Crippen MR) is 175 cm³/mol. The Labute approximate surface area is 281 Å². The number of nitrogens with zero attached hydrogens (tertiary/aromatic N) is 8. The Morgan fingerprint density at radius 2 is 1.79 bits per heavy atom. The molecule has 0 bridgehead atoms. The van der Waals surface area contributed by atoms with Crippen LogP contribution in [0.4, 0.5) is 23.2 Å². The first-order valence-electron chi connectivity index (χ1n) is 15.5. The van der Waals surface area contributed by atoms with Crippen LogP contribution in [-0.4, -0.2) is 96.8 Å². The second-order valence-electron chi connectivity index (χ2n) is 13.4. The van der Waals surface area contributed by atoms with Crippen LogP contribution in [0.3, 0.4) is 0 Å². The Bertz CT molecular complexity index is 1810. The van der Waals surface area contributed by atoms with E-state index >= 15 is 0 Å². The highest BCUT2D eigenvalue weighted by Crippen LogP contribution is 2.47. The van der Waals surface area contributed by atoms with Crippen LogP contribution in [0.5, 0.6) is 0 Å². The lowest BCUT2D eigenvalue weighted by atomic mass is 10.1. The third-order valence-electron chi connectivity index (χ3n) is 8.36. The van der Waals surface area contributed by atoms with Gasteiger partial charge in [-0.15, -0.1) is 10.2 Å². The van der Waals surface area contributed by atoms with E-state index in [2.05, 4.69) is 39.8 Å². The molecule has 2 aliphatic rings. The van der Waals surface area contributed by atoms with Gasteiger partial charge < -0.3 is 14.5 Å². The number of anilines is 1. The lowest BCUT2D eigenvalue weighted by Gasteiger charge is -2.37. The minimum absolute atomic E-state index is 0.0590. The summed E-state index contributed by atoms with van der Waals surface area (Å²) in [6.45, 7) is 15.5. The van der Waals surface area contributed by atoms with Crippen LogP contribution in [0.25, 0.3) is 26.4 Å². The first kappa shape index (κ1) is 36.1. The maximum Gasteiger partial charge on any atom is 0.333 e.